The molecule has 6 nitrogen and oxygen atoms in total. The van der Waals surface area contributed by atoms with Crippen molar-refractivity contribution in [2.24, 2.45) is 0 Å². The van der Waals surface area contributed by atoms with Crippen molar-refractivity contribution in [2.45, 2.75) is 45.2 Å². The monoisotopic (exact) mass is 447 g/mol. The number of nitrogens with zero attached hydrogens (tertiary/aromatic N) is 2. The number of carbonyl (C=O) groups excluding carboxylic acids is 2. The number of amides is 2. The van der Waals surface area contributed by atoms with Crippen LogP contribution in [0.15, 0.2) is 53.1 Å². The molecule has 0 aliphatic heterocycles. The third-order valence-electron chi connectivity index (χ3n) is 5.94. The predicted molar refractivity (Wildman–Crippen MR) is 126 cm³/mol. The molecular formula is C25H25N3O3S. The molecule has 32 heavy (non-hydrogen) atoms. The first-order valence-corrected chi connectivity index (χ1v) is 11.8. The Labute approximate surface area is 190 Å². The Balaban J connectivity index is 1.41. The zero-order chi connectivity index (χ0) is 22.1. The van der Waals surface area contributed by atoms with Gasteiger partial charge in [0.05, 0.1) is 23.2 Å². The van der Waals surface area contributed by atoms with E-state index in [0.717, 1.165) is 52.4 Å². The fraction of sp³-hybridized carbons (Fsp3) is 0.320. The smallest absolute Gasteiger partial charge is 0.264 e. The fourth-order valence-corrected chi connectivity index (χ4v) is 5.29. The number of thiophene rings is 1. The van der Waals surface area contributed by atoms with Crippen molar-refractivity contribution < 1.29 is 14.0 Å². The average Bonchev–Trinajstić information content (AvgIpc) is 3.53. The number of pyridine rings is 1. The van der Waals surface area contributed by atoms with Crippen LogP contribution in [0.3, 0.4) is 0 Å². The van der Waals surface area contributed by atoms with E-state index >= 15 is 0 Å². The molecule has 0 spiro atoms. The normalized spacial score (nSPS) is 14.3. The van der Waals surface area contributed by atoms with Gasteiger partial charge in [-0.2, -0.15) is 0 Å². The van der Waals surface area contributed by atoms with Crippen LogP contribution in [0.1, 0.15) is 46.7 Å². The number of aromatic nitrogens is 1. The molecule has 1 aromatic carbocycles. The molecule has 0 radical (unpaired) electrons. The molecule has 0 atom stereocenters. The van der Waals surface area contributed by atoms with Gasteiger partial charge in [0, 0.05) is 16.8 Å². The van der Waals surface area contributed by atoms with Crippen LogP contribution in [0.2, 0.25) is 0 Å². The van der Waals surface area contributed by atoms with Gasteiger partial charge in [0.15, 0.2) is 0 Å². The molecule has 3 aromatic heterocycles. The molecule has 1 fully saturated rings. The molecule has 5 rings (SSSR count). The van der Waals surface area contributed by atoms with Crippen molar-refractivity contribution in [1.29, 1.82) is 0 Å². The van der Waals surface area contributed by atoms with Gasteiger partial charge in [0.2, 0.25) is 5.91 Å². The van der Waals surface area contributed by atoms with Crippen LogP contribution >= 0.6 is 11.3 Å². The number of rotatable bonds is 6. The Morgan fingerprint density at radius 1 is 1.16 bits per heavy atom. The highest BCUT2D eigenvalue weighted by atomic mass is 32.1. The predicted octanol–water partition coefficient (Wildman–Crippen LogP) is 5.05. The second kappa shape index (κ2) is 8.74. The van der Waals surface area contributed by atoms with Gasteiger partial charge in [-0.15, -0.1) is 11.3 Å². The number of fused-ring (bicyclic) bond motifs is 2. The highest BCUT2D eigenvalue weighted by Gasteiger charge is 2.24. The van der Waals surface area contributed by atoms with Crippen LogP contribution in [0.4, 0.5) is 0 Å². The molecule has 0 unspecified atom stereocenters. The van der Waals surface area contributed by atoms with E-state index < -0.39 is 0 Å². The first kappa shape index (κ1) is 20.7. The third-order valence-corrected chi connectivity index (χ3v) is 6.97. The van der Waals surface area contributed by atoms with E-state index in [1.165, 1.54) is 11.3 Å². The number of carbonyl (C=O) groups is 2. The van der Waals surface area contributed by atoms with Crippen LogP contribution in [-0.2, 0) is 11.3 Å². The zero-order valence-corrected chi connectivity index (χ0v) is 18.8. The summed E-state index contributed by atoms with van der Waals surface area (Å²) < 4.78 is 5.45. The number of hydrogen-bond acceptors (Lipinski definition) is 5. The summed E-state index contributed by atoms with van der Waals surface area (Å²) in [4.78, 5) is 33.8. The minimum absolute atomic E-state index is 0.00111. The lowest BCUT2D eigenvalue weighted by molar-refractivity contribution is -0.122. The molecule has 4 aromatic rings. The van der Waals surface area contributed by atoms with Crippen LogP contribution in [0, 0.1) is 6.92 Å². The Bertz CT molecular complexity index is 1270. The Kier molecular flexibility index (Phi) is 5.66. The molecule has 7 heteroatoms. The molecule has 1 saturated carbocycles. The van der Waals surface area contributed by atoms with Gasteiger partial charge < -0.3 is 14.6 Å². The lowest BCUT2D eigenvalue weighted by Gasteiger charge is -2.22. The topological polar surface area (TPSA) is 75.4 Å². The van der Waals surface area contributed by atoms with Crippen molar-refractivity contribution in [3.05, 3.63) is 64.9 Å². The molecule has 0 bridgehead atoms. The SMILES string of the molecule is Cc1ccc2cc3cc(C(=O)N(CC(=O)NC4CCCC4)Cc4ccco4)sc3nc2c1. The summed E-state index contributed by atoms with van der Waals surface area (Å²) in [6.45, 7) is 2.28. The largest absolute Gasteiger partial charge is 0.467 e. The number of furan rings is 1. The molecular weight excluding hydrogens is 422 g/mol. The van der Waals surface area contributed by atoms with Gasteiger partial charge in [0.25, 0.3) is 5.91 Å². The van der Waals surface area contributed by atoms with Gasteiger partial charge in [-0.25, -0.2) is 4.98 Å². The second-order valence-corrected chi connectivity index (χ2v) is 9.51. The summed E-state index contributed by atoms with van der Waals surface area (Å²) in [6, 6.07) is 13.9. The Morgan fingerprint density at radius 3 is 2.78 bits per heavy atom. The van der Waals surface area contributed by atoms with E-state index in [1.54, 1.807) is 17.2 Å². The van der Waals surface area contributed by atoms with E-state index in [0.29, 0.717) is 10.6 Å². The van der Waals surface area contributed by atoms with Crippen molar-refractivity contribution in [1.82, 2.24) is 15.2 Å². The van der Waals surface area contributed by atoms with E-state index in [1.807, 2.05) is 31.2 Å². The van der Waals surface area contributed by atoms with Gasteiger partial charge in [-0.1, -0.05) is 25.0 Å². The Morgan fingerprint density at radius 2 is 2.00 bits per heavy atom. The summed E-state index contributed by atoms with van der Waals surface area (Å²) in [5.74, 6) is 0.330. The maximum atomic E-state index is 13.4. The number of aryl methyl sites for hydroxylation is 1. The maximum Gasteiger partial charge on any atom is 0.264 e. The molecule has 0 saturated heterocycles. The third kappa shape index (κ3) is 4.39. The first-order chi connectivity index (χ1) is 15.5. The van der Waals surface area contributed by atoms with Crippen molar-refractivity contribution in [3.8, 4) is 0 Å². The van der Waals surface area contributed by atoms with Crippen LogP contribution in [-0.4, -0.2) is 34.3 Å². The van der Waals surface area contributed by atoms with Gasteiger partial charge >= 0.3 is 0 Å². The van der Waals surface area contributed by atoms with Crippen molar-refractivity contribution in [2.75, 3.05) is 6.54 Å². The van der Waals surface area contributed by atoms with E-state index in [4.69, 9.17) is 9.40 Å². The quantitative estimate of drug-likeness (QED) is 0.449. The molecule has 164 valence electrons. The first-order valence-electron chi connectivity index (χ1n) is 11.0. The standard InChI is InChI=1S/C25H25N3O3S/c1-16-8-9-17-12-18-13-22(32-24(18)27-21(17)11-16)25(30)28(14-20-7-4-10-31-20)15-23(29)26-19-5-2-3-6-19/h4,7-13,19H,2-3,5-6,14-15H2,1H3,(H,26,29). The minimum Gasteiger partial charge on any atom is -0.467 e. The van der Waals surface area contributed by atoms with E-state index in [9.17, 15) is 9.59 Å². The summed E-state index contributed by atoms with van der Waals surface area (Å²) in [7, 11) is 0. The van der Waals surface area contributed by atoms with E-state index in [2.05, 4.69) is 17.4 Å². The second-order valence-electron chi connectivity index (χ2n) is 8.48. The highest BCUT2D eigenvalue weighted by molar-refractivity contribution is 7.20. The van der Waals surface area contributed by atoms with E-state index in [-0.39, 0.29) is 30.9 Å². The number of nitrogens with one attached hydrogen (secondary N) is 1. The average molecular weight is 448 g/mol. The maximum absolute atomic E-state index is 13.4. The lowest BCUT2D eigenvalue weighted by atomic mass is 10.1. The summed E-state index contributed by atoms with van der Waals surface area (Å²) in [5.41, 5.74) is 2.07. The van der Waals surface area contributed by atoms with Crippen LogP contribution in [0.25, 0.3) is 21.1 Å². The summed E-state index contributed by atoms with van der Waals surface area (Å²) in [6.07, 6.45) is 5.87. The zero-order valence-electron chi connectivity index (χ0n) is 18.0. The van der Waals surface area contributed by atoms with Crippen LogP contribution in [0.5, 0.6) is 0 Å². The fourth-order valence-electron chi connectivity index (χ4n) is 4.30. The molecule has 1 aliphatic rings. The van der Waals surface area contributed by atoms with Gasteiger partial charge in [-0.3, -0.25) is 9.59 Å². The minimum atomic E-state index is -0.189. The van der Waals surface area contributed by atoms with Crippen molar-refractivity contribution >= 4 is 44.3 Å². The molecule has 2 amide bonds. The molecule has 1 N–H and O–H groups in total. The lowest BCUT2D eigenvalue weighted by Crippen LogP contribution is -2.43. The molecule has 1 aliphatic carbocycles. The van der Waals surface area contributed by atoms with Crippen molar-refractivity contribution in [3.63, 3.8) is 0 Å². The van der Waals surface area contributed by atoms with Crippen LogP contribution < -0.4 is 5.32 Å². The summed E-state index contributed by atoms with van der Waals surface area (Å²) in [5, 5.41) is 5.05. The summed E-state index contributed by atoms with van der Waals surface area (Å²) >= 11 is 1.36. The Hall–Kier alpha value is -3.19. The van der Waals surface area contributed by atoms with Gasteiger partial charge in [0.1, 0.15) is 17.1 Å². The highest BCUT2D eigenvalue weighted by Crippen LogP contribution is 2.29. The molecule has 3 heterocycles. The number of hydrogen-bond donors (Lipinski definition) is 1. The number of benzene rings is 1. The van der Waals surface area contributed by atoms with Gasteiger partial charge in [-0.05, 0) is 55.7 Å².